The topological polar surface area (TPSA) is 53.1 Å². The Bertz CT molecular complexity index is 681. The number of anilines is 2. The molecule has 1 fully saturated rings. The Morgan fingerprint density at radius 2 is 1.81 bits per heavy atom. The van der Waals surface area contributed by atoms with Crippen LogP contribution in [0.5, 0.6) is 0 Å². The van der Waals surface area contributed by atoms with Crippen LogP contribution in [0.25, 0.3) is 0 Å². The Morgan fingerprint density at radius 3 is 2.50 bits per heavy atom. The third-order valence-corrected chi connectivity index (χ3v) is 5.21. The monoisotopic (exact) mass is 373 g/mol. The zero-order chi connectivity index (χ0) is 18.4. The molecular weight excluding hydrogens is 346 g/mol. The zero-order valence-corrected chi connectivity index (χ0v) is 16.3. The first-order chi connectivity index (χ1) is 12.6. The van der Waals surface area contributed by atoms with Crippen molar-refractivity contribution in [3.05, 3.63) is 47.1 Å². The summed E-state index contributed by atoms with van der Waals surface area (Å²) < 4.78 is 0. The first-order valence-electron chi connectivity index (χ1n) is 9.32. The van der Waals surface area contributed by atoms with Crippen molar-refractivity contribution in [2.75, 3.05) is 30.9 Å². The molecule has 1 aliphatic carbocycles. The first kappa shape index (κ1) is 18.9. The molecule has 0 saturated heterocycles. The summed E-state index contributed by atoms with van der Waals surface area (Å²) in [5, 5.41) is 7.88. The molecule has 0 bridgehead atoms. The van der Waals surface area contributed by atoms with Gasteiger partial charge in [-0.15, -0.1) is 0 Å². The Labute approximate surface area is 161 Å². The standard InChI is InChI=1S/C20H28ClN5/c1-26(2)19-11-12-23-20(25-19)24-18-9-5-16(6-10-18)14-22-13-15-3-7-17(21)8-4-15/h3-4,7-8,11-12,16,18,22H,5-6,9-10,13-14H2,1-2H3,(H,23,24,25)/t16-,18+. The second-order valence-electron chi connectivity index (χ2n) is 7.25. The molecule has 1 aliphatic rings. The molecule has 1 aromatic carbocycles. The fourth-order valence-electron chi connectivity index (χ4n) is 3.38. The van der Waals surface area contributed by atoms with Crippen LogP contribution in [0.1, 0.15) is 31.2 Å². The average Bonchev–Trinajstić information content (AvgIpc) is 2.65. The van der Waals surface area contributed by atoms with E-state index in [2.05, 4.69) is 32.7 Å². The molecule has 3 rings (SSSR count). The molecule has 0 atom stereocenters. The van der Waals surface area contributed by atoms with Crippen LogP contribution in [0.2, 0.25) is 5.02 Å². The van der Waals surface area contributed by atoms with E-state index in [4.69, 9.17) is 11.6 Å². The summed E-state index contributed by atoms with van der Waals surface area (Å²) in [7, 11) is 3.99. The van der Waals surface area contributed by atoms with Gasteiger partial charge in [0.15, 0.2) is 0 Å². The highest BCUT2D eigenvalue weighted by molar-refractivity contribution is 6.30. The van der Waals surface area contributed by atoms with E-state index in [1.165, 1.54) is 31.2 Å². The van der Waals surface area contributed by atoms with Crippen LogP contribution in [0, 0.1) is 5.92 Å². The fraction of sp³-hybridized carbons (Fsp3) is 0.500. The number of nitrogens with zero attached hydrogens (tertiary/aromatic N) is 3. The molecule has 2 aromatic rings. The number of hydrogen-bond acceptors (Lipinski definition) is 5. The number of nitrogens with one attached hydrogen (secondary N) is 2. The smallest absolute Gasteiger partial charge is 0.224 e. The molecule has 2 N–H and O–H groups in total. The van der Waals surface area contributed by atoms with Crippen LogP contribution in [0.3, 0.4) is 0 Å². The predicted molar refractivity (Wildman–Crippen MR) is 109 cm³/mol. The lowest BCUT2D eigenvalue weighted by Gasteiger charge is -2.29. The Hall–Kier alpha value is -1.85. The lowest BCUT2D eigenvalue weighted by Crippen LogP contribution is -2.31. The molecule has 140 valence electrons. The van der Waals surface area contributed by atoms with Crippen molar-refractivity contribution in [3.8, 4) is 0 Å². The van der Waals surface area contributed by atoms with Gasteiger partial charge in [0, 0.05) is 37.9 Å². The van der Waals surface area contributed by atoms with Crippen molar-refractivity contribution >= 4 is 23.4 Å². The van der Waals surface area contributed by atoms with E-state index in [9.17, 15) is 0 Å². The van der Waals surface area contributed by atoms with Crippen molar-refractivity contribution in [1.29, 1.82) is 0 Å². The third kappa shape index (κ3) is 5.58. The molecule has 0 unspecified atom stereocenters. The quantitative estimate of drug-likeness (QED) is 0.769. The summed E-state index contributed by atoms with van der Waals surface area (Å²) in [6, 6.07) is 10.5. The van der Waals surface area contributed by atoms with Gasteiger partial charge in [0.25, 0.3) is 0 Å². The SMILES string of the molecule is CN(C)c1ccnc(N[C@H]2CC[C@@H](CNCc3ccc(Cl)cc3)CC2)n1. The second kappa shape index (κ2) is 9.19. The normalized spacial score (nSPS) is 20.0. The lowest BCUT2D eigenvalue weighted by molar-refractivity contribution is 0.324. The lowest BCUT2D eigenvalue weighted by atomic mass is 9.86. The van der Waals surface area contributed by atoms with Crippen molar-refractivity contribution in [2.45, 2.75) is 38.3 Å². The van der Waals surface area contributed by atoms with Gasteiger partial charge in [-0.3, -0.25) is 0 Å². The molecule has 0 amide bonds. The fourth-order valence-corrected chi connectivity index (χ4v) is 3.51. The van der Waals surface area contributed by atoms with Gasteiger partial charge in [0.2, 0.25) is 5.95 Å². The van der Waals surface area contributed by atoms with E-state index in [-0.39, 0.29) is 0 Å². The van der Waals surface area contributed by atoms with Gasteiger partial charge in [-0.2, -0.15) is 4.98 Å². The molecular formula is C20H28ClN5. The van der Waals surface area contributed by atoms with Gasteiger partial charge in [-0.05, 0) is 61.9 Å². The Morgan fingerprint density at radius 1 is 1.08 bits per heavy atom. The number of halogens is 1. The molecule has 1 saturated carbocycles. The number of rotatable bonds is 7. The molecule has 0 aliphatic heterocycles. The maximum atomic E-state index is 5.93. The largest absolute Gasteiger partial charge is 0.363 e. The van der Waals surface area contributed by atoms with Crippen molar-refractivity contribution in [3.63, 3.8) is 0 Å². The summed E-state index contributed by atoms with van der Waals surface area (Å²) >= 11 is 5.93. The minimum atomic E-state index is 0.472. The van der Waals surface area contributed by atoms with Crippen LogP contribution >= 0.6 is 11.6 Å². The highest BCUT2D eigenvalue weighted by Gasteiger charge is 2.21. The van der Waals surface area contributed by atoms with Crippen LogP contribution < -0.4 is 15.5 Å². The van der Waals surface area contributed by atoms with Gasteiger partial charge in [-0.25, -0.2) is 4.98 Å². The number of benzene rings is 1. The van der Waals surface area contributed by atoms with Crippen LogP contribution in [-0.2, 0) is 6.54 Å². The first-order valence-corrected chi connectivity index (χ1v) is 9.70. The highest BCUT2D eigenvalue weighted by atomic mass is 35.5. The Balaban J connectivity index is 1.38. The molecule has 1 aromatic heterocycles. The van der Waals surface area contributed by atoms with E-state index in [1.54, 1.807) is 0 Å². The Kier molecular flexibility index (Phi) is 6.69. The van der Waals surface area contributed by atoms with E-state index in [0.717, 1.165) is 35.8 Å². The van der Waals surface area contributed by atoms with Gasteiger partial charge in [-0.1, -0.05) is 23.7 Å². The molecule has 26 heavy (non-hydrogen) atoms. The molecule has 0 spiro atoms. The summed E-state index contributed by atoms with van der Waals surface area (Å²) in [5.74, 6) is 2.41. The second-order valence-corrected chi connectivity index (χ2v) is 7.69. The molecule has 0 radical (unpaired) electrons. The van der Waals surface area contributed by atoms with E-state index in [1.807, 2.05) is 43.4 Å². The summed E-state index contributed by atoms with van der Waals surface area (Å²) in [4.78, 5) is 10.9. The minimum Gasteiger partial charge on any atom is -0.363 e. The van der Waals surface area contributed by atoms with Crippen LogP contribution in [0.4, 0.5) is 11.8 Å². The van der Waals surface area contributed by atoms with E-state index in [0.29, 0.717) is 6.04 Å². The average molecular weight is 374 g/mol. The van der Waals surface area contributed by atoms with Crippen LogP contribution in [-0.4, -0.2) is 36.6 Å². The van der Waals surface area contributed by atoms with Crippen molar-refractivity contribution in [2.24, 2.45) is 5.92 Å². The third-order valence-electron chi connectivity index (χ3n) is 4.95. The maximum absolute atomic E-state index is 5.93. The van der Waals surface area contributed by atoms with Gasteiger partial charge < -0.3 is 15.5 Å². The summed E-state index contributed by atoms with van der Waals surface area (Å²) in [6.07, 6.45) is 6.62. The van der Waals surface area contributed by atoms with E-state index < -0.39 is 0 Å². The van der Waals surface area contributed by atoms with Crippen molar-refractivity contribution < 1.29 is 0 Å². The van der Waals surface area contributed by atoms with Gasteiger partial charge in [0.05, 0.1) is 0 Å². The zero-order valence-electron chi connectivity index (χ0n) is 15.6. The number of aromatic nitrogens is 2. The van der Waals surface area contributed by atoms with Gasteiger partial charge in [0.1, 0.15) is 5.82 Å². The molecule has 5 nitrogen and oxygen atoms in total. The van der Waals surface area contributed by atoms with Gasteiger partial charge >= 0.3 is 0 Å². The predicted octanol–water partition coefficient (Wildman–Crippen LogP) is 3.96. The van der Waals surface area contributed by atoms with Crippen LogP contribution in [0.15, 0.2) is 36.5 Å². The maximum Gasteiger partial charge on any atom is 0.224 e. The minimum absolute atomic E-state index is 0.472. The number of hydrogen-bond donors (Lipinski definition) is 2. The molecule has 1 heterocycles. The molecule has 6 heteroatoms. The van der Waals surface area contributed by atoms with E-state index >= 15 is 0 Å². The van der Waals surface area contributed by atoms with Crippen molar-refractivity contribution in [1.82, 2.24) is 15.3 Å². The summed E-state index contributed by atoms with van der Waals surface area (Å²) in [6.45, 7) is 1.97. The highest BCUT2D eigenvalue weighted by Crippen LogP contribution is 2.26. The summed E-state index contributed by atoms with van der Waals surface area (Å²) in [5.41, 5.74) is 1.28.